The normalized spacial score (nSPS) is 13.0. The van der Waals surface area contributed by atoms with Gasteiger partial charge in [-0.25, -0.2) is 0 Å². The summed E-state index contributed by atoms with van der Waals surface area (Å²) in [6.45, 7) is 3.72. The van der Waals surface area contributed by atoms with Gasteiger partial charge in [-0.15, -0.1) is 16.7 Å². The number of halogens is 1. The molecule has 1 rings (SSSR count). The highest BCUT2D eigenvalue weighted by atomic mass is 35.5. The third-order valence-corrected chi connectivity index (χ3v) is 2.75. The molecular weight excluding hydrogens is 214 g/mol. The van der Waals surface area contributed by atoms with E-state index >= 15 is 0 Å². The van der Waals surface area contributed by atoms with Crippen LogP contribution in [0.2, 0.25) is 0 Å². The highest BCUT2D eigenvalue weighted by Gasteiger charge is 2.09. The molecule has 1 aromatic heterocycles. The van der Waals surface area contributed by atoms with Crippen molar-refractivity contribution in [3.63, 3.8) is 0 Å². The van der Waals surface area contributed by atoms with Crippen LogP contribution < -0.4 is 0 Å². The Kier molecular flexibility index (Phi) is 5.65. The third-order valence-electron chi connectivity index (χ3n) is 2.22. The lowest BCUT2D eigenvalue weighted by atomic mass is 10.2. The summed E-state index contributed by atoms with van der Waals surface area (Å²) < 4.78 is 6.82. The van der Waals surface area contributed by atoms with Gasteiger partial charge in [0, 0.05) is 26.5 Å². The number of hydrogen-bond acceptors (Lipinski definition) is 3. The van der Waals surface area contributed by atoms with E-state index in [0.29, 0.717) is 0 Å². The van der Waals surface area contributed by atoms with E-state index in [1.54, 1.807) is 7.11 Å². The number of unbranched alkanes of at least 4 members (excludes halogenated alkanes) is 1. The van der Waals surface area contributed by atoms with Crippen molar-refractivity contribution in [2.45, 2.75) is 38.1 Å². The predicted molar refractivity (Wildman–Crippen MR) is 60.0 cm³/mol. The third kappa shape index (κ3) is 4.18. The minimum Gasteiger partial charge on any atom is -0.385 e. The number of rotatable bonds is 7. The summed E-state index contributed by atoms with van der Waals surface area (Å²) in [6, 6.07) is 0. The van der Waals surface area contributed by atoms with Crippen molar-refractivity contribution in [3.8, 4) is 0 Å². The van der Waals surface area contributed by atoms with Crippen molar-refractivity contribution in [2.24, 2.45) is 0 Å². The summed E-state index contributed by atoms with van der Waals surface area (Å²) in [5.74, 6) is 0. The van der Waals surface area contributed by atoms with Crippen molar-refractivity contribution >= 4 is 11.6 Å². The Balaban J connectivity index is 2.33. The van der Waals surface area contributed by atoms with Crippen LogP contribution in [-0.2, 0) is 11.3 Å². The van der Waals surface area contributed by atoms with Crippen molar-refractivity contribution in [1.29, 1.82) is 0 Å². The molecule has 1 heterocycles. The monoisotopic (exact) mass is 231 g/mol. The molecule has 86 valence electrons. The molecule has 15 heavy (non-hydrogen) atoms. The number of nitrogens with zero attached hydrogens (tertiary/aromatic N) is 3. The molecule has 0 amide bonds. The topological polar surface area (TPSA) is 39.9 Å². The highest BCUT2D eigenvalue weighted by molar-refractivity contribution is 6.20. The molecule has 0 fully saturated rings. The van der Waals surface area contributed by atoms with E-state index in [1.807, 2.05) is 17.8 Å². The lowest BCUT2D eigenvalue weighted by Crippen LogP contribution is -2.00. The first kappa shape index (κ1) is 12.5. The SMILES string of the molecule is CCC(Cl)c1cn(CCCCOC)nn1. The number of alkyl halides is 1. The zero-order chi connectivity index (χ0) is 11.1. The summed E-state index contributed by atoms with van der Waals surface area (Å²) in [5, 5.41) is 8.04. The van der Waals surface area contributed by atoms with Gasteiger partial charge in [0.25, 0.3) is 0 Å². The minimum absolute atomic E-state index is 0.0160. The van der Waals surface area contributed by atoms with E-state index < -0.39 is 0 Å². The lowest BCUT2D eigenvalue weighted by molar-refractivity contribution is 0.191. The fourth-order valence-corrected chi connectivity index (χ4v) is 1.40. The molecule has 5 heteroatoms. The summed E-state index contributed by atoms with van der Waals surface area (Å²) in [5.41, 5.74) is 0.867. The Hall–Kier alpha value is -0.610. The van der Waals surface area contributed by atoms with E-state index in [9.17, 15) is 0 Å². The van der Waals surface area contributed by atoms with E-state index in [2.05, 4.69) is 10.3 Å². The molecule has 0 radical (unpaired) electrons. The van der Waals surface area contributed by atoms with Crippen molar-refractivity contribution in [2.75, 3.05) is 13.7 Å². The van der Waals surface area contributed by atoms with Crippen LogP contribution in [0.1, 0.15) is 37.3 Å². The fourth-order valence-electron chi connectivity index (χ4n) is 1.30. The quantitative estimate of drug-likeness (QED) is 0.535. The summed E-state index contributed by atoms with van der Waals surface area (Å²) in [4.78, 5) is 0. The Bertz CT molecular complexity index is 277. The summed E-state index contributed by atoms with van der Waals surface area (Å²) in [7, 11) is 1.72. The molecule has 1 unspecified atom stereocenters. The van der Waals surface area contributed by atoms with Crippen molar-refractivity contribution < 1.29 is 4.74 Å². The highest BCUT2D eigenvalue weighted by Crippen LogP contribution is 2.20. The molecule has 0 aliphatic carbocycles. The summed E-state index contributed by atoms with van der Waals surface area (Å²) >= 11 is 6.05. The van der Waals surface area contributed by atoms with Crippen molar-refractivity contribution in [1.82, 2.24) is 15.0 Å². The lowest BCUT2D eigenvalue weighted by Gasteiger charge is -2.00. The fraction of sp³-hybridized carbons (Fsp3) is 0.800. The van der Waals surface area contributed by atoms with Crippen LogP contribution >= 0.6 is 11.6 Å². The molecule has 0 saturated heterocycles. The number of aromatic nitrogens is 3. The zero-order valence-electron chi connectivity index (χ0n) is 9.32. The predicted octanol–water partition coefficient (Wildman–Crippen LogP) is 2.39. The van der Waals surface area contributed by atoms with Crippen LogP contribution in [-0.4, -0.2) is 28.7 Å². The molecule has 0 saturated carbocycles. The molecule has 0 aliphatic heterocycles. The molecule has 1 aromatic rings. The second-order valence-corrected chi connectivity index (χ2v) is 4.01. The first-order valence-electron chi connectivity index (χ1n) is 5.31. The van der Waals surface area contributed by atoms with Gasteiger partial charge in [-0.3, -0.25) is 4.68 Å². The number of hydrogen-bond donors (Lipinski definition) is 0. The Morgan fingerprint density at radius 2 is 2.33 bits per heavy atom. The van der Waals surface area contributed by atoms with Gasteiger partial charge >= 0.3 is 0 Å². The smallest absolute Gasteiger partial charge is 0.100 e. The van der Waals surface area contributed by atoms with Gasteiger partial charge in [0.2, 0.25) is 0 Å². The van der Waals surface area contributed by atoms with Gasteiger partial charge in [0.1, 0.15) is 5.69 Å². The molecule has 4 nitrogen and oxygen atoms in total. The van der Waals surface area contributed by atoms with Gasteiger partial charge in [-0.05, 0) is 19.3 Å². The average molecular weight is 232 g/mol. The molecule has 0 N–H and O–H groups in total. The number of aryl methyl sites for hydroxylation is 1. The van der Waals surface area contributed by atoms with E-state index in [1.165, 1.54) is 0 Å². The maximum Gasteiger partial charge on any atom is 0.100 e. The Morgan fingerprint density at radius 3 is 3.00 bits per heavy atom. The molecule has 0 aromatic carbocycles. The van der Waals surface area contributed by atoms with E-state index in [-0.39, 0.29) is 5.38 Å². The number of ether oxygens (including phenoxy) is 1. The minimum atomic E-state index is -0.0160. The second kappa shape index (κ2) is 6.80. The van der Waals surface area contributed by atoms with Gasteiger partial charge in [-0.2, -0.15) is 0 Å². The largest absolute Gasteiger partial charge is 0.385 e. The molecule has 1 atom stereocenters. The standard InChI is InChI=1S/C10H18ClN3O/c1-3-9(11)10-8-14(13-12-10)6-4-5-7-15-2/h8-9H,3-7H2,1-2H3. The molecular formula is C10H18ClN3O. The van der Waals surface area contributed by atoms with Crippen LogP contribution in [0.3, 0.4) is 0 Å². The van der Waals surface area contributed by atoms with Gasteiger partial charge in [0.15, 0.2) is 0 Å². The maximum atomic E-state index is 6.05. The zero-order valence-corrected chi connectivity index (χ0v) is 10.1. The molecule has 0 spiro atoms. The first-order valence-corrected chi connectivity index (χ1v) is 5.74. The van der Waals surface area contributed by atoms with Crippen molar-refractivity contribution in [3.05, 3.63) is 11.9 Å². The summed E-state index contributed by atoms with van der Waals surface area (Å²) in [6.07, 6.45) is 4.90. The maximum absolute atomic E-state index is 6.05. The Morgan fingerprint density at radius 1 is 1.53 bits per heavy atom. The average Bonchev–Trinajstić information content (AvgIpc) is 2.72. The first-order chi connectivity index (χ1) is 7.27. The van der Waals surface area contributed by atoms with Gasteiger partial charge in [0.05, 0.1) is 5.38 Å². The van der Waals surface area contributed by atoms with Crippen LogP contribution in [0.25, 0.3) is 0 Å². The van der Waals surface area contributed by atoms with Crippen LogP contribution in [0.4, 0.5) is 0 Å². The molecule has 0 bridgehead atoms. The molecule has 0 aliphatic rings. The van der Waals surface area contributed by atoms with Gasteiger partial charge in [-0.1, -0.05) is 12.1 Å². The number of methoxy groups -OCH3 is 1. The van der Waals surface area contributed by atoms with Gasteiger partial charge < -0.3 is 4.74 Å². The van der Waals surface area contributed by atoms with Crippen LogP contribution in [0, 0.1) is 0 Å². The second-order valence-electron chi connectivity index (χ2n) is 3.48. The Labute approximate surface area is 95.6 Å². The van der Waals surface area contributed by atoms with Crippen LogP contribution in [0.15, 0.2) is 6.20 Å². The van der Waals surface area contributed by atoms with E-state index in [0.717, 1.165) is 38.1 Å². The van der Waals surface area contributed by atoms with Crippen LogP contribution in [0.5, 0.6) is 0 Å². The van der Waals surface area contributed by atoms with E-state index in [4.69, 9.17) is 16.3 Å².